The maximum atomic E-state index is 12.1. The van der Waals surface area contributed by atoms with Crippen molar-refractivity contribution >= 4 is 60.5 Å². The third-order valence-electron chi connectivity index (χ3n) is 2.27. The number of rotatable bonds is 4. The molecule has 0 atom stereocenters. The Morgan fingerprint density at radius 2 is 2.05 bits per heavy atom. The minimum Gasteiger partial charge on any atom is -0.477 e. The van der Waals surface area contributed by atoms with Gasteiger partial charge < -0.3 is 5.11 Å². The van der Waals surface area contributed by atoms with E-state index in [4.69, 9.17) is 16.7 Å². The molecule has 9 heteroatoms. The Hall–Kier alpha value is -1.09. The highest BCUT2D eigenvalue weighted by atomic mass is 79.9. The molecule has 0 aliphatic rings. The lowest BCUT2D eigenvalue weighted by Gasteiger charge is -2.08. The first-order valence-electron chi connectivity index (χ1n) is 5.09. The van der Waals surface area contributed by atoms with Crippen molar-refractivity contribution in [3.05, 3.63) is 44.0 Å². The van der Waals surface area contributed by atoms with Gasteiger partial charge in [-0.2, -0.15) is 0 Å². The molecule has 0 unspecified atom stereocenters. The third kappa shape index (κ3) is 3.32. The average Bonchev–Trinajstić information content (AvgIpc) is 2.84. The van der Waals surface area contributed by atoms with Crippen LogP contribution in [-0.2, 0) is 10.0 Å². The van der Waals surface area contributed by atoms with E-state index in [1.54, 1.807) is 12.1 Å². The van der Waals surface area contributed by atoms with Gasteiger partial charge in [-0.15, -0.1) is 11.3 Å². The largest absolute Gasteiger partial charge is 0.477 e. The van der Waals surface area contributed by atoms with E-state index in [9.17, 15) is 13.2 Å². The highest BCUT2D eigenvalue weighted by molar-refractivity contribution is 9.10. The molecule has 5 nitrogen and oxygen atoms in total. The second kappa shape index (κ2) is 5.72. The molecule has 20 heavy (non-hydrogen) atoms. The van der Waals surface area contributed by atoms with E-state index in [-0.39, 0.29) is 15.5 Å². The fraction of sp³-hybridized carbons (Fsp3) is 0. The molecule has 2 aromatic rings. The minimum absolute atomic E-state index is 0.0458. The zero-order valence-electron chi connectivity index (χ0n) is 9.63. The van der Waals surface area contributed by atoms with E-state index >= 15 is 0 Å². The van der Waals surface area contributed by atoms with Crippen molar-refractivity contribution in [2.75, 3.05) is 4.72 Å². The molecule has 0 saturated carbocycles. The number of nitrogens with one attached hydrogen (secondary N) is 1. The number of aromatic carboxylic acids is 1. The Kier molecular flexibility index (Phi) is 4.38. The van der Waals surface area contributed by atoms with E-state index in [2.05, 4.69) is 20.7 Å². The standard InChI is InChI=1S/C11H7BrClNO4S2/c12-8-2-1-6(13)3-9(8)14-20(17,18)7-4-10(11(15)16)19-5-7/h1-5,14H,(H,15,16). The molecule has 106 valence electrons. The number of hydrogen-bond donors (Lipinski definition) is 2. The van der Waals surface area contributed by atoms with Crippen LogP contribution < -0.4 is 4.72 Å². The van der Waals surface area contributed by atoms with E-state index in [1.807, 2.05) is 0 Å². The van der Waals surface area contributed by atoms with Gasteiger partial charge >= 0.3 is 5.97 Å². The number of anilines is 1. The van der Waals surface area contributed by atoms with Crippen molar-refractivity contribution in [3.8, 4) is 0 Å². The summed E-state index contributed by atoms with van der Waals surface area (Å²) in [6, 6.07) is 5.77. The number of carboxylic acid groups (broad SMARTS) is 1. The molecule has 0 amide bonds. The summed E-state index contributed by atoms with van der Waals surface area (Å²) < 4.78 is 27.2. The summed E-state index contributed by atoms with van der Waals surface area (Å²) in [6.45, 7) is 0. The van der Waals surface area contributed by atoms with Crippen LogP contribution in [0.3, 0.4) is 0 Å². The van der Waals surface area contributed by atoms with Gasteiger partial charge in [-0.25, -0.2) is 13.2 Å². The van der Waals surface area contributed by atoms with Gasteiger partial charge in [0, 0.05) is 14.9 Å². The van der Waals surface area contributed by atoms with E-state index in [0.29, 0.717) is 9.50 Å². The van der Waals surface area contributed by atoms with E-state index in [0.717, 1.165) is 17.4 Å². The van der Waals surface area contributed by atoms with E-state index in [1.165, 1.54) is 11.4 Å². The summed E-state index contributed by atoms with van der Waals surface area (Å²) >= 11 is 9.86. The van der Waals surface area contributed by atoms with Crippen LogP contribution in [0.15, 0.2) is 39.0 Å². The molecular weight excluding hydrogens is 390 g/mol. The number of benzene rings is 1. The van der Waals surface area contributed by atoms with Gasteiger partial charge in [0.05, 0.1) is 10.6 Å². The van der Waals surface area contributed by atoms with Crippen molar-refractivity contribution in [2.45, 2.75) is 4.90 Å². The molecule has 2 rings (SSSR count). The maximum absolute atomic E-state index is 12.1. The first-order valence-corrected chi connectivity index (χ1v) is 8.62. The second-order valence-corrected chi connectivity index (χ2v) is 7.57. The fourth-order valence-electron chi connectivity index (χ4n) is 1.35. The lowest BCUT2D eigenvalue weighted by Crippen LogP contribution is -2.12. The van der Waals surface area contributed by atoms with Crippen molar-refractivity contribution < 1.29 is 18.3 Å². The highest BCUT2D eigenvalue weighted by Crippen LogP contribution is 2.29. The quantitative estimate of drug-likeness (QED) is 0.826. The van der Waals surface area contributed by atoms with Crippen LogP contribution in [0.5, 0.6) is 0 Å². The number of carboxylic acids is 1. The normalized spacial score (nSPS) is 11.3. The van der Waals surface area contributed by atoms with Gasteiger partial charge in [0.25, 0.3) is 10.0 Å². The van der Waals surface area contributed by atoms with E-state index < -0.39 is 16.0 Å². The summed E-state index contributed by atoms with van der Waals surface area (Å²) in [4.78, 5) is 10.6. The van der Waals surface area contributed by atoms with Crippen LogP contribution in [0.4, 0.5) is 5.69 Å². The molecule has 2 N–H and O–H groups in total. The van der Waals surface area contributed by atoms with Crippen LogP contribution in [0.25, 0.3) is 0 Å². The molecule has 0 fully saturated rings. The number of thiophene rings is 1. The van der Waals surface area contributed by atoms with Gasteiger partial charge in [0.2, 0.25) is 0 Å². The van der Waals surface area contributed by atoms with Gasteiger partial charge in [0.1, 0.15) is 4.88 Å². The maximum Gasteiger partial charge on any atom is 0.345 e. The van der Waals surface area contributed by atoms with Gasteiger partial charge in [-0.1, -0.05) is 11.6 Å². The number of hydrogen-bond acceptors (Lipinski definition) is 4. The second-order valence-electron chi connectivity index (χ2n) is 3.68. The summed E-state index contributed by atoms with van der Waals surface area (Å²) in [6.07, 6.45) is 0. The Morgan fingerprint density at radius 1 is 1.35 bits per heavy atom. The molecule has 1 aromatic carbocycles. The lowest BCUT2D eigenvalue weighted by atomic mass is 10.3. The van der Waals surface area contributed by atoms with Crippen molar-refractivity contribution in [1.82, 2.24) is 0 Å². The van der Waals surface area contributed by atoms with Crippen molar-refractivity contribution in [2.24, 2.45) is 0 Å². The molecule has 0 bridgehead atoms. The monoisotopic (exact) mass is 395 g/mol. The van der Waals surface area contributed by atoms with Gasteiger partial charge in [-0.05, 0) is 40.2 Å². The van der Waals surface area contributed by atoms with Gasteiger partial charge in [0.15, 0.2) is 0 Å². The summed E-state index contributed by atoms with van der Waals surface area (Å²) in [5.74, 6) is -1.17. The fourth-order valence-corrected chi connectivity index (χ4v) is 4.18. The number of carbonyl (C=O) groups is 1. The molecular formula is C11H7BrClNO4S2. The third-order valence-corrected chi connectivity index (χ3v) is 5.61. The predicted octanol–water partition coefficient (Wildman–Crippen LogP) is 3.66. The molecule has 0 aliphatic heterocycles. The van der Waals surface area contributed by atoms with Crippen molar-refractivity contribution in [3.63, 3.8) is 0 Å². The number of halogens is 2. The zero-order chi connectivity index (χ0) is 14.9. The van der Waals surface area contributed by atoms with Gasteiger partial charge in [-0.3, -0.25) is 4.72 Å². The van der Waals surface area contributed by atoms with Crippen LogP contribution in [0.1, 0.15) is 9.67 Å². The predicted molar refractivity (Wildman–Crippen MR) is 81.2 cm³/mol. The highest BCUT2D eigenvalue weighted by Gasteiger charge is 2.19. The summed E-state index contributed by atoms with van der Waals surface area (Å²) in [7, 11) is -3.86. The molecule has 0 spiro atoms. The number of sulfonamides is 1. The van der Waals surface area contributed by atoms with Crippen LogP contribution in [-0.4, -0.2) is 19.5 Å². The lowest BCUT2D eigenvalue weighted by molar-refractivity contribution is 0.0702. The van der Waals surface area contributed by atoms with Crippen LogP contribution >= 0.6 is 38.9 Å². The van der Waals surface area contributed by atoms with Crippen LogP contribution in [0.2, 0.25) is 5.02 Å². The first kappa shape index (κ1) is 15.3. The molecule has 0 aliphatic carbocycles. The van der Waals surface area contributed by atoms with Crippen LogP contribution in [0, 0.1) is 0 Å². The molecule has 0 radical (unpaired) electrons. The summed E-state index contributed by atoms with van der Waals surface area (Å²) in [5, 5.41) is 10.4. The van der Waals surface area contributed by atoms with Crippen molar-refractivity contribution in [1.29, 1.82) is 0 Å². The Balaban J connectivity index is 2.35. The first-order chi connectivity index (χ1) is 9.29. The average molecular weight is 397 g/mol. The Bertz CT molecular complexity index is 772. The SMILES string of the molecule is O=C(O)c1cc(S(=O)(=O)Nc2cc(Cl)ccc2Br)cs1. The Morgan fingerprint density at radius 3 is 2.65 bits per heavy atom. The zero-order valence-corrected chi connectivity index (χ0v) is 13.6. The molecule has 0 saturated heterocycles. The summed E-state index contributed by atoms with van der Waals surface area (Å²) in [5.41, 5.74) is 0.278. The topological polar surface area (TPSA) is 83.5 Å². The Labute approximate surface area is 132 Å². The molecule has 1 heterocycles. The molecule has 1 aromatic heterocycles. The minimum atomic E-state index is -3.86. The smallest absolute Gasteiger partial charge is 0.345 e.